The molecule has 160 valence electrons. The fourth-order valence-electron chi connectivity index (χ4n) is 3.13. The van der Waals surface area contributed by atoms with E-state index in [0.717, 1.165) is 11.1 Å². The first-order chi connectivity index (χ1) is 15.1. The maximum Gasteiger partial charge on any atom is 0.224 e. The van der Waals surface area contributed by atoms with Crippen LogP contribution in [0.15, 0.2) is 54.7 Å². The fraction of sp³-hybridized carbons (Fsp3) is 0.217. The Morgan fingerprint density at radius 3 is 2.84 bits per heavy atom. The molecule has 1 N–H and O–H groups in total. The molecule has 0 bridgehead atoms. The number of methoxy groups -OCH3 is 1. The van der Waals surface area contributed by atoms with Gasteiger partial charge in [-0.15, -0.1) is 0 Å². The molecule has 2 aromatic carbocycles. The lowest BCUT2D eigenvalue weighted by molar-refractivity contribution is -0.120. The number of halogens is 1. The smallest absolute Gasteiger partial charge is 0.224 e. The number of ether oxygens (including phenoxy) is 4. The molecule has 1 aliphatic heterocycles. The number of benzene rings is 2. The van der Waals surface area contributed by atoms with Gasteiger partial charge in [-0.2, -0.15) is 0 Å². The minimum Gasteiger partial charge on any atom is -0.497 e. The molecule has 0 aliphatic carbocycles. The Morgan fingerprint density at radius 2 is 1.97 bits per heavy atom. The molecule has 0 radical (unpaired) electrons. The van der Waals surface area contributed by atoms with E-state index in [1.165, 1.54) is 0 Å². The van der Waals surface area contributed by atoms with Crippen LogP contribution in [0.25, 0.3) is 0 Å². The molecule has 0 saturated carbocycles. The standard InChI is InChI=1S/C23H21ClN2O5/c1-28-17-5-2-6-18(13-17)31-23-16(4-3-7-25-23)14-26-21(27)12-15-10-19(24)22-20(11-15)29-8-9-30-22/h2-7,10-11,13H,8-9,12,14H2,1H3,(H,26,27). The van der Waals surface area contributed by atoms with E-state index in [2.05, 4.69) is 10.3 Å². The van der Waals surface area contributed by atoms with Crippen molar-refractivity contribution < 1.29 is 23.7 Å². The molecule has 31 heavy (non-hydrogen) atoms. The molecular formula is C23H21ClN2O5. The van der Waals surface area contributed by atoms with Gasteiger partial charge < -0.3 is 24.3 Å². The lowest BCUT2D eigenvalue weighted by Crippen LogP contribution is -2.25. The van der Waals surface area contributed by atoms with Crippen LogP contribution >= 0.6 is 11.6 Å². The van der Waals surface area contributed by atoms with Gasteiger partial charge in [0.2, 0.25) is 11.8 Å². The molecule has 4 rings (SSSR count). The monoisotopic (exact) mass is 440 g/mol. The molecule has 0 spiro atoms. The number of hydrogen-bond donors (Lipinski definition) is 1. The summed E-state index contributed by atoms with van der Waals surface area (Å²) in [5, 5.41) is 3.33. The zero-order valence-corrected chi connectivity index (χ0v) is 17.6. The third-order valence-electron chi connectivity index (χ3n) is 4.60. The van der Waals surface area contributed by atoms with Crippen molar-refractivity contribution in [3.63, 3.8) is 0 Å². The van der Waals surface area contributed by atoms with Gasteiger partial charge in [-0.1, -0.05) is 23.7 Å². The van der Waals surface area contributed by atoms with Crippen LogP contribution < -0.4 is 24.3 Å². The Morgan fingerprint density at radius 1 is 1.13 bits per heavy atom. The SMILES string of the molecule is COc1cccc(Oc2ncccc2CNC(=O)Cc2cc(Cl)c3c(c2)OCCO3)c1. The minimum atomic E-state index is -0.163. The second kappa shape index (κ2) is 9.57. The first-order valence-electron chi connectivity index (χ1n) is 9.73. The molecule has 0 unspecified atom stereocenters. The highest BCUT2D eigenvalue weighted by molar-refractivity contribution is 6.32. The Bertz CT molecular complexity index is 1090. The topological polar surface area (TPSA) is 78.9 Å². The van der Waals surface area contributed by atoms with Crippen LogP contribution in [0, 0.1) is 0 Å². The zero-order chi connectivity index (χ0) is 21.6. The molecule has 8 heteroatoms. The highest BCUT2D eigenvalue weighted by atomic mass is 35.5. The molecule has 2 heterocycles. The van der Waals surface area contributed by atoms with Crippen molar-refractivity contribution in [3.05, 3.63) is 70.9 Å². The molecule has 7 nitrogen and oxygen atoms in total. The summed E-state index contributed by atoms with van der Waals surface area (Å²) >= 11 is 6.25. The van der Waals surface area contributed by atoms with E-state index in [-0.39, 0.29) is 18.9 Å². The normalized spacial score (nSPS) is 12.2. The van der Waals surface area contributed by atoms with Crippen molar-refractivity contribution in [1.29, 1.82) is 0 Å². The van der Waals surface area contributed by atoms with Crippen LogP contribution in [0.5, 0.6) is 28.9 Å². The van der Waals surface area contributed by atoms with Gasteiger partial charge in [-0.25, -0.2) is 4.98 Å². The minimum absolute atomic E-state index is 0.155. The second-order valence-electron chi connectivity index (χ2n) is 6.80. The lowest BCUT2D eigenvalue weighted by atomic mass is 10.1. The summed E-state index contributed by atoms with van der Waals surface area (Å²) in [6, 6.07) is 14.4. The van der Waals surface area contributed by atoms with Crippen LogP contribution in [0.2, 0.25) is 5.02 Å². The zero-order valence-electron chi connectivity index (χ0n) is 16.9. The Hall–Kier alpha value is -3.45. The van der Waals surface area contributed by atoms with Crippen LogP contribution in [-0.4, -0.2) is 31.2 Å². The van der Waals surface area contributed by atoms with Gasteiger partial charge >= 0.3 is 0 Å². The quantitative estimate of drug-likeness (QED) is 0.594. The number of carbonyl (C=O) groups excluding carboxylic acids is 1. The number of rotatable bonds is 7. The van der Waals surface area contributed by atoms with E-state index in [4.69, 9.17) is 30.5 Å². The summed E-state index contributed by atoms with van der Waals surface area (Å²) in [6.45, 7) is 1.18. The Kier molecular flexibility index (Phi) is 6.43. The third kappa shape index (κ3) is 5.19. The van der Waals surface area contributed by atoms with Gasteiger partial charge in [0, 0.05) is 24.4 Å². The summed E-state index contributed by atoms with van der Waals surface area (Å²) in [7, 11) is 1.59. The van der Waals surface area contributed by atoms with Crippen LogP contribution in [0.3, 0.4) is 0 Å². The maximum atomic E-state index is 12.5. The second-order valence-corrected chi connectivity index (χ2v) is 7.21. The summed E-state index contributed by atoms with van der Waals surface area (Å²) in [5.74, 6) is 2.61. The van der Waals surface area contributed by atoms with E-state index in [1.54, 1.807) is 37.6 Å². The number of amides is 1. The highest BCUT2D eigenvalue weighted by Gasteiger charge is 2.18. The molecular weight excluding hydrogens is 420 g/mol. The molecule has 0 fully saturated rings. The van der Waals surface area contributed by atoms with Crippen molar-refractivity contribution >= 4 is 17.5 Å². The molecule has 3 aromatic rings. The number of nitrogens with one attached hydrogen (secondary N) is 1. The fourth-order valence-corrected chi connectivity index (χ4v) is 3.42. The summed E-state index contributed by atoms with van der Waals surface area (Å²) in [6.07, 6.45) is 1.79. The van der Waals surface area contributed by atoms with E-state index in [9.17, 15) is 4.79 Å². The average molecular weight is 441 g/mol. The lowest BCUT2D eigenvalue weighted by Gasteiger charge is -2.20. The van der Waals surface area contributed by atoms with Gasteiger partial charge in [0.25, 0.3) is 0 Å². The average Bonchev–Trinajstić information content (AvgIpc) is 2.79. The highest BCUT2D eigenvalue weighted by Crippen LogP contribution is 2.38. The molecule has 0 saturated heterocycles. The van der Waals surface area contributed by atoms with Gasteiger partial charge in [0.05, 0.1) is 18.6 Å². The predicted molar refractivity (Wildman–Crippen MR) is 115 cm³/mol. The first-order valence-corrected chi connectivity index (χ1v) is 10.1. The molecule has 1 amide bonds. The number of aromatic nitrogens is 1. The van der Waals surface area contributed by atoms with Crippen molar-refractivity contribution in [3.8, 4) is 28.9 Å². The van der Waals surface area contributed by atoms with Crippen LogP contribution in [0.1, 0.15) is 11.1 Å². The van der Waals surface area contributed by atoms with Crippen molar-refractivity contribution in [2.75, 3.05) is 20.3 Å². The van der Waals surface area contributed by atoms with E-state index < -0.39 is 0 Å². The number of hydrogen-bond acceptors (Lipinski definition) is 6. The maximum absolute atomic E-state index is 12.5. The first kappa shape index (κ1) is 20.8. The van der Waals surface area contributed by atoms with Crippen molar-refractivity contribution in [2.45, 2.75) is 13.0 Å². The predicted octanol–water partition coefficient (Wildman–Crippen LogP) is 4.17. The Balaban J connectivity index is 1.40. The van der Waals surface area contributed by atoms with E-state index in [1.807, 2.05) is 24.3 Å². The summed E-state index contributed by atoms with van der Waals surface area (Å²) in [5.41, 5.74) is 1.49. The number of fused-ring (bicyclic) bond motifs is 1. The largest absolute Gasteiger partial charge is 0.497 e. The summed E-state index contributed by atoms with van der Waals surface area (Å²) < 4.78 is 22.2. The van der Waals surface area contributed by atoms with E-state index in [0.29, 0.717) is 47.1 Å². The number of carbonyl (C=O) groups is 1. The number of pyridine rings is 1. The van der Waals surface area contributed by atoms with Crippen molar-refractivity contribution in [1.82, 2.24) is 10.3 Å². The summed E-state index contributed by atoms with van der Waals surface area (Å²) in [4.78, 5) is 16.8. The molecule has 0 atom stereocenters. The third-order valence-corrected chi connectivity index (χ3v) is 4.88. The molecule has 1 aliphatic rings. The molecule has 1 aromatic heterocycles. The van der Waals surface area contributed by atoms with Gasteiger partial charge in [-0.05, 0) is 35.9 Å². The Labute approximate surface area is 184 Å². The van der Waals surface area contributed by atoms with E-state index >= 15 is 0 Å². The van der Waals surface area contributed by atoms with Gasteiger partial charge in [-0.3, -0.25) is 4.79 Å². The van der Waals surface area contributed by atoms with Crippen LogP contribution in [-0.2, 0) is 17.8 Å². The number of nitrogens with zero attached hydrogens (tertiary/aromatic N) is 1. The van der Waals surface area contributed by atoms with Gasteiger partial charge in [0.15, 0.2) is 11.5 Å². The van der Waals surface area contributed by atoms with Crippen molar-refractivity contribution in [2.24, 2.45) is 0 Å². The van der Waals surface area contributed by atoms with Gasteiger partial charge in [0.1, 0.15) is 24.7 Å². The van der Waals surface area contributed by atoms with Crippen LogP contribution in [0.4, 0.5) is 0 Å².